The van der Waals surface area contributed by atoms with Gasteiger partial charge in [-0.2, -0.15) is 0 Å². The fourth-order valence-electron chi connectivity index (χ4n) is 3.32. The summed E-state index contributed by atoms with van der Waals surface area (Å²) in [5.41, 5.74) is 1.72. The number of ether oxygens (including phenoxy) is 1. The zero-order chi connectivity index (χ0) is 17.2. The lowest BCUT2D eigenvalue weighted by atomic mass is 9.90. The fraction of sp³-hybridized carbons (Fsp3) is 0.550. The molecule has 0 aromatic heterocycles. The van der Waals surface area contributed by atoms with Crippen molar-refractivity contribution in [3.8, 4) is 0 Å². The highest BCUT2D eigenvalue weighted by atomic mass is 79.9. The number of benzene rings is 1. The third kappa shape index (κ3) is 3.88. The summed E-state index contributed by atoms with van der Waals surface area (Å²) < 4.78 is 6.98. The predicted molar refractivity (Wildman–Crippen MR) is 99.0 cm³/mol. The van der Waals surface area contributed by atoms with E-state index in [0.29, 0.717) is 11.8 Å². The van der Waals surface area contributed by atoms with Crippen molar-refractivity contribution in [3.63, 3.8) is 0 Å². The first-order valence-electron chi connectivity index (χ1n) is 8.52. The second-order valence-electron chi connectivity index (χ2n) is 7.14. The van der Waals surface area contributed by atoms with Crippen molar-refractivity contribution in [2.75, 3.05) is 0 Å². The topological polar surface area (TPSA) is 26.3 Å². The average molecular weight is 379 g/mol. The Hall–Kier alpha value is -1.09. The molecule has 3 heteroatoms. The van der Waals surface area contributed by atoms with E-state index in [0.717, 1.165) is 28.5 Å². The Morgan fingerprint density at radius 1 is 1.13 bits per heavy atom. The Labute approximate surface area is 148 Å². The number of hydrogen-bond donors (Lipinski definition) is 0. The van der Waals surface area contributed by atoms with Gasteiger partial charge in [-0.3, -0.25) is 4.79 Å². The molecule has 1 aliphatic rings. The van der Waals surface area contributed by atoms with Crippen molar-refractivity contribution in [1.29, 1.82) is 0 Å². The molecule has 0 amide bonds. The van der Waals surface area contributed by atoms with Crippen molar-refractivity contribution >= 4 is 27.5 Å². The Morgan fingerprint density at radius 2 is 1.70 bits per heavy atom. The fourth-order valence-corrected chi connectivity index (χ4v) is 3.59. The number of hydrogen-bond acceptors (Lipinski definition) is 2. The summed E-state index contributed by atoms with van der Waals surface area (Å²) in [5, 5.41) is 0. The van der Waals surface area contributed by atoms with Crippen LogP contribution in [0.5, 0.6) is 0 Å². The molecule has 0 N–H and O–H groups in total. The first-order chi connectivity index (χ1) is 10.8. The molecule has 0 radical (unpaired) electrons. The van der Waals surface area contributed by atoms with E-state index in [9.17, 15) is 4.79 Å². The predicted octanol–water partition coefficient (Wildman–Crippen LogP) is 5.86. The summed E-state index contributed by atoms with van der Waals surface area (Å²) >= 11 is 3.46. The third-order valence-corrected chi connectivity index (χ3v) is 5.04. The molecule has 1 aromatic carbocycles. The largest absolute Gasteiger partial charge is 0.461 e. The SMILES string of the molecule is CCC[C@@]1(C(=O)OC(C(C)C)C(C)C)C=C1c1ccc(Br)cc1. The van der Waals surface area contributed by atoms with Gasteiger partial charge in [0.1, 0.15) is 11.5 Å². The van der Waals surface area contributed by atoms with Gasteiger partial charge in [-0.1, -0.05) is 75.2 Å². The monoisotopic (exact) mass is 378 g/mol. The minimum atomic E-state index is -0.509. The van der Waals surface area contributed by atoms with Gasteiger partial charge < -0.3 is 4.74 Å². The lowest BCUT2D eigenvalue weighted by Crippen LogP contribution is -2.33. The van der Waals surface area contributed by atoms with Gasteiger partial charge in [-0.15, -0.1) is 0 Å². The summed E-state index contributed by atoms with van der Waals surface area (Å²) in [4.78, 5) is 12.9. The molecule has 0 heterocycles. The van der Waals surface area contributed by atoms with Gasteiger partial charge in [0.05, 0.1) is 0 Å². The molecule has 23 heavy (non-hydrogen) atoms. The van der Waals surface area contributed by atoms with Crippen molar-refractivity contribution < 1.29 is 9.53 Å². The summed E-state index contributed by atoms with van der Waals surface area (Å²) in [6.45, 7) is 10.6. The van der Waals surface area contributed by atoms with Gasteiger partial charge in [0.2, 0.25) is 0 Å². The Bertz CT molecular complexity index is 578. The lowest BCUT2D eigenvalue weighted by molar-refractivity contribution is -0.159. The van der Waals surface area contributed by atoms with E-state index in [2.05, 4.69) is 68.8 Å². The molecular weight excluding hydrogens is 352 g/mol. The van der Waals surface area contributed by atoms with Crippen LogP contribution in [0, 0.1) is 17.3 Å². The molecule has 2 rings (SSSR count). The maximum absolute atomic E-state index is 12.9. The number of carbonyl (C=O) groups is 1. The van der Waals surface area contributed by atoms with Crippen molar-refractivity contribution in [3.05, 3.63) is 40.4 Å². The van der Waals surface area contributed by atoms with Crippen LogP contribution in [-0.2, 0) is 9.53 Å². The zero-order valence-electron chi connectivity index (χ0n) is 14.7. The molecule has 0 bridgehead atoms. The minimum absolute atomic E-state index is 0.0311. The van der Waals surface area contributed by atoms with E-state index in [-0.39, 0.29) is 12.1 Å². The van der Waals surface area contributed by atoms with Gasteiger partial charge >= 0.3 is 5.97 Å². The first-order valence-corrected chi connectivity index (χ1v) is 9.31. The molecular formula is C20H27BrO2. The molecule has 1 aromatic rings. The smallest absolute Gasteiger partial charge is 0.320 e. The van der Waals surface area contributed by atoms with E-state index >= 15 is 0 Å². The van der Waals surface area contributed by atoms with Gasteiger partial charge in [0, 0.05) is 4.47 Å². The maximum Gasteiger partial charge on any atom is 0.320 e. The van der Waals surface area contributed by atoms with Crippen LogP contribution in [0.15, 0.2) is 34.8 Å². The minimum Gasteiger partial charge on any atom is -0.461 e. The number of rotatable bonds is 7. The lowest BCUT2D eigenvalue weighted by Gasteiger charge is -2.28. The van der Waals surface area contributed by atoms with Crippen LogP contribution in [-0.4, -0.2) is 12.1 Å². The van der Waals surface area contributed by atoms with Gasteiger partial charge in [-0.25, -0.2) is 0 Å². The van der Waals surface area contributed by atoms with Crippen LogP contribution < -0.4 is 0 Å². The molecule has 0 aliphatic heterocycles. The first kappa shape index (κ1) is 18.3. The molecule has 1 atom stereocenters. The van der Waals surface area contributed by atoms with Crippen LogP contribution in [0.25, 0.3) is 5.57 Å². The molecule has 2 nitrogen and oxygen atoms in total. The molecule has 126 valence electrons. The van der Waals surface area contributed by atoms with Crippen molar-refractivity contribution in [2.24, 2.45) is 17.3 Å². The van der Waals surface area contributed by atoms with Crippen LogP contribution in [0.2, 0.25) is 0 Å². The molecule has 0 spiro atoms. The molecule has 0 fully saturated rings. The highest BCUT2D eigenvalue weighted by molar-refractivity contribution is 9.10. The highest BCUT2D eigenvalue weighted by Gasteiger charge is 2.52. The molecule has 0 saturated carbocycles. The summed E-state index contributed by atoms with van der Waals surface area (Å²) in [6.07, 6.45) is 3.83. The standard InChI is InChI=1S/C20H27BrO2/c1-6-11-20(19(22)23-18(13(2)3)14(4)5)12-17(20)15-7-9-16(21)10-8-15/h7-10,12-14,18H,6,11H2,1-5H3/t20-/m1/s1. The van der Waals surface area contributed by atoms with Crippen molar-refractivity contribution in [2.45, 2.75) is 53.6 Å². The Balaban J connectivity index is 2.17. The normalized spacial score (nSPS) is 20.1. The van der Waals surface area contributed by atoms with Gasteiger partial charge in [0.25, 0.3) is 0 Å². The molecule has 1 aliphatic carbocycles. The second kappa shape index (κ2) is 7.21. The van der Waals surface area contributed by atoms with E-state index < -0.39 is 5.41 Å². The van der Waals surface area contributed by atoms with Crippen LogP contribution in [0.4, 0.5) is 0 Å². The average Bonchev–Trinajstić information content (AvgIpc) is 3.20. The van der Waals surface area contributed by atoms with Gasteiger partial charge in [0.15, 0.2) is 0 Å². The summed E-state index contributed by atoms with van der Waals surface area (Å²) in [5.74, 6) is 0.574. The summed E-state index contributed by atoms with van der Waals surface area (Å²) in [7, 11) is 0. The van der Waals surface area contributed by atoms with Crippen LogP contribution in [0.3, 0.4) is 0 Å². The zero-order valence-corrected chi connectivity index (χ0v) is 16.3. The maximum atomic E-state index is 12.9. The highest BCUT2D eigenvalue weighted by Crippen LogP contribution is 2.55. The molecule has 0 unspecified atom stereocenters. The third-order valence-electron chi connectivity index (χ3n) is 4.51. The van der Waals surface area contributed by atoms with E-state index in [4.69, 9.17) is 4.74 Å². The van der Waals surface area contributed by atoms with Crippen LogP contribution >= 0.6 is 15.9 Å². The second-order valence-corrected chi connectivity index (χ2v) is 8.06. The Kier molecular flexibility index (Phi) is 5.72. The van der Waals surface area contributed by atoms with Gasteiger partial charge in [-0.05, 0) is 41.5 Å². The van der Waals surface area contributed by atoms with E-state index in [1.807, 2.05) is 12.1 Å². The van der Waals surface area contributed by atoms with E-state index in [1.54, 1.807) is 0 Å². The number of carbonyl (C=O) groups excluding carboxylic acids is 1. The van der Waals surface area contributed by atoms with E-state index in [1.165, 1.54) is 0 Å². The Morgan fingerprint density at radius 3 is 2.17 bits per heavy atom. The van der Waals surface area contributed by atoms with Crippen LogP contribution in [0.1, 0.15) is 53.0 Å². The number of halogens is 1. The summed E-state index contributed by atoms with van der Waals surface area (Å²) in [6, 6.07) is 8.15. The number of esters is 1. The quantitative estimate of drug-likeness (QED) is 0.555. The van der Waals surface area contributed by atoms with Crippen molar-refractivity contribution in [1.82, 2.24) is 0 Å². The molecule has 0 saturated heterocycles.